The van der Waals surface area contributed by atoms with Crippen molar-refractivity contribution in [3.63, 3.8) is 0 Å². The second-order valence-electron chi connectivity index (χ2n) is 4.47. The highest BCUT2D eigenvalue weighted by molar-refractivity contribution is 5.75. The normalized spacial score (nSPS) is 9.95. The van der Waals surface area contributed by atoms with E-state index in [1.165, 1.54) is 0 Å². The summed E-state index contributed by atoms with van der Waals surface area (Å²) in [5.41, 5.74) is 1.33. The summed E-state index contributed by atoms with van der Waals surface area (Å²) in [5, 5.41) is 0. The van der Waals surface area contributed by atoms with Crippen LogP contribution in [0.2, 0.25) is 0 Å². The maximum Gasteiger partial charge on any atom is 0.203 e. The predicted molar refractivity (Wildman–Crippen MR) is 82.3 cm³/mol. The fraction of sp³-hybridized carbons (Fsp3) is 0.235. The topological polar surface area (TPSA) is 54.0 Å². The van der Waals surface area contributed by atoms with E-state index in [0.29, 0.717) is 28.6 Å². The molecule has 0 heterocycles. The maximum absolute atomic E-state index is 10.9. The van der Waals surface area contributed by atoms with E-state index in [0.717, 1.165) is 11.8 Å². The molecule has 0 aliphatic heterocycles. The van der Waals surface area contributed by atoms with Gasteiger partial charge in [-0.1, -0.05) is 6.07 Å². The van der Waals surface area contributed by atoms with E-state index < -0.39 is 0 Å². The van der Waals surface area contributed by atoms with Gasteiger partial charge < -0.3 is 18.9 Å². The SMILES string of the molecule is COc1ccc(C=O)cc1COc1c(OC)cccc1OC. The molecule has 116 valence electrons. The Labute approximate surface area is 129 Å². The molecule has 0 aliphatic rings. The summed E-state index contributed by atoms with van der Waals surface area (Å²) in [5.74, 6) is 2.31. The molecule has 0 atom stereocenters. The zero-order chi connectivity index (χ0) is 15.9. The Bertz CT molecular complexity index is 629. The molecule has 5 nitrogen and oxygen atoms in total. The molecule has 0 spiro atoms. The Balaban J connectivity index is 2.28. The van der Waals surface area contributed by atoms with Crippen molar-refractivity contribution in [1.82, 2.24) is 0 Å². The summed E-state index contributed by atoms with van der Waals surface area (Å²) in [6.45, 7) is 0.224. The predicted octanol–water partition coefficient (Wildman–Crippen LogP) is 3.10. The van der Waals surface area contributed by atoms with Gasteiger partial charge in [-0.2, -0.15) is 0 Å². The Kier molecular flexibility index (Phi) is 5.25. The molecule has 2 rings (SSSR count). The van der Waals surface area contributed by atoms with Gasteiger partial charge in [0.1, 0.15) is 18.6 Å². The largest absolute Gasteiger partial charge is 0.496 e. The quantitative estimate of drug-likeness (QED) is 0.736. The Morgan fingerprint density at radius 2 is 1.55 bits per heavy atom. The third kappa shape index (κ3) is 3.31. The van der Waals surface area contributed by atoms with Gasteiger partial charge in [-0.25, -0.2) is 0 Å². The average Bonchev–Trinajstić information content (AvgIpc) is 2.59. The summed E-state index contributed by atoms with van der Waals surface area (Å²) in [6, 6.07) is 10.6. The van der Waals surface area contributed by atoms with Crippen molar-refractivity contribution in [1.29, 1.82) is 0 Å². The van der Waals surface area contributed by atoms with Crippen LogP contribution < -0.4 is 18.9 Å². The fourth-order valence-electron chi connectivity index (χ4n) is 2.09. The minimum Gasteiger partial charge on any atom is -0.496 e. The van der Waals surface area contributed by atoms with Crippen molar-refractivity contribution in [2.45, 2.75) is 6.61 Å². The molecule has 0 unspecified atom stereocenters. The number of hydrogen-bond acceptors (Lipinski definition) is 5. The average molecular weight is 302 g/mol. The Hall–Kier alpha value is -2.69. The van der Waals surface area contributed by atoms with Crippen LogP contribution in [0.3, 0.4) is 0 Å². The molecular formula is C17H18O5. The van der Waals surface area contributed by atoms with Gasteiger partial charge in [-0.05, 0) is 30.3 Å². The van der Waals surface area contributed by atoms with Crippen LogP contribution in [0.5, 0.6) is 23.0 Å². The maximum atomic E-state index is 10.9. The van der Waals surface area contributed by atoms with Gasteiger partial charge in [0.05, 0.1) is 21.3 Å². The van der Waals surface area contributed by atoms with Crippen LogP contribution >= 0.6 is 0 Å². The number of benzene rings is 2. The highest BCUT2D eigenvalue weighted by Crippen LogP contribution is 2.37. The number of carbonyl (C=O) groups excluding carboxylic acids is 1. The van der Waals surface area contributed by atoms with Crippen molar-refractivity contribution >= 4 is 6.29 Å². The lowest BCUT2D eigenvalue weighted by Crippen LogP contribution is -2.02. The van der Waals surface area contributed by atoms with Crippen LogP contribution in [0.15, 0.2) is 36.4 Å². The van der Waals surface area contributed by atoms with Crippen LogP contribution in [0.1, 0.15) is 15.9 Å². The zero-order valence-electron chi connectivity index (χ0n) is 12.8. The number of rotatable bonds is 7. The Morgan fingerprint density at radius 3 is 2.09 bits per heavy atom. The van der Waals surface area contributed by atoms with Crippen LogP contribution in [0.4, 0.5) is 0 Å². The molecule has 0 aromatic heterocycles. The first-order valence-electron chi connectivity index (χ1n) is 6.69. The van der Waals surface area contributed by atoms with Gasteiger partial charge in [-0.3, -0.25) is 4.79 Å². The van der Waals surface area contributed by atoms with E-state index in [9.17, 15) is 4.79 Å². The highest BCUT2D eigenvalue weighted by Gasteiger charge is 2.13. The molecule has 2 aromatic carbocycles. The van der Waals surface area contributed by atoms with Gasteiger partial charge in [0.25, 0.3) is 0 Å². The van der Waals surface area contributed by atoms with Crippen molar-refractivity contribution in [3.05, 3.63) is 47.5 Å². The number of hydrogen-bond donors (Lipinski definition) is 0. The number of ether oxygens (including phenoxy) is 4. The number of methoxy groups -OCH3 is 3. The van der Waals surface area contributed by atoms with E-state index in [2.05, 4.69) is 0 Å². The van der Waals surface area contributed by atoms with Gasteiger partial charge >= 0.3 is 0 Å². The summed E-state index contributed by atoms with van der Waals surface area (Å²) in [7, 11) is 4.70. The molecule has 2 aromatic rings. The molecule has 0 fully saturated rings. The smallest absolute Gasteiger partial charge is 0.203 e. The van der Waals surface area contributed by atoms with E-state index in [1.807, 2.05) is 6.07 Å². The monoisotopic (exact) mass is 302 g/mol. The first kappa shape index (κ1) is 15.7. The van der Waals surface area contributed by atoms with Gasteiger partial charge in [0.2, 0.25) is 5.75 Å². The van der Waals surface area contributed by atoms with Crippen molar-refractivity contribution in [2.75, 3.05) is 21.3 Å². The summed E-state index contributed by atoms with van der Waals surface area (Å²) < 4.78 is 21.7. The first-order valence-corrected chi connectivity index (χ1v) is 6.69. The molecule has 22 heavy (non-hydrogen) atoms. The molecule has 0 aliphatic carbocycles. The fourth-order valence-corrected chi connectivity index (χ4v) is 2.09. The standard InChI is InChI=1S/C17H18O5/c1-19-14-8-7-12(10-18)9-13(14)11-22-17-15(20-2)5-4-6-16(17)21-3/h4-10H,11H2,1-3H3. The van der Waals surface area contributed by atoms with Crippen LogP contribution in [0.25, 0.3) is 0 Å². The van der Waals surface area contributed by atoms with E-state index in [4.69, 9.17) is 18.9 Å². The summed E-state index contributed by atoms with van der Waals surface area (Å²) in [6.07, 6.45) is 0.784. The molecule has 0 N–H and O–H groups in total. The minimum atomic E-state index is 0.224. The summed E-state index contributed by atoms with van der Waals surface area (Å²) >= 11 is 0. The van der Waals surface area contributed by atoms with E-state index in [-0.39, 0.29) is 6.61 Å². The second kappa shape index (κ2) is 7.36. The van der Waals surface area contributed by atoms with Gasteiger partial charge in [-0.15, -0.1) is 0 Å². The Morgan fingerprint density at radius 1 is 0.909 bits per heavy atom. The van der Waals surface area contributed by atoms with E-state index >= 15 is 0 Å². The number of aldehydes is 1. The lowest BCUT2D eigenvalue weighted by atomic mass is 10.1. The van der Waals surface area contributed by atoms with Crippen molar-refractivity contribution in [2.24, 2.45) is 0 Å². The highest BCUT2D eigenvalue weighted by atomic mass is 16.5. The van der Waals surface area contributed by atoms with Crippen LogP contribution in [-0.2, 0) is 6.61 Å². The molecule has 0 bridgehead atoms. The van der Waals surface area contributed by atoms with E-state index in [1.54, 1.807) is 51.7 Å². The number of carbonyl (C=O) groups is 1. The van der Waals surface area contributed by atoms with Gasteiger partial charge in [0, 0.05) is 11.1 Å². The van der Waals surface area contributed by atoms with Crippen molar-refractivity contribution < 1.29 is 23.7 Å². The second-order valence-corrected chi connectivity index (χ2v) is 4.47. The lowest BCUT2D eigenvalue weighted by molar-refractivity contribution is 0.112. The molecule has 5 heteroatoms. The molecule has 0 amide bonds. The summed E-state index contributed by atoms with van der Waals surface area (Å²) in [4.78, 5) is 10.9. The zero-order valence-corrected chi connectivity index (χ0v) is 12.8. The molecular weight excluding hydrogens is 284 g/mol. The van der Waals surface area contributed by atoms with Crippen LogP contribution in [0, 0.1) is 0 Å². The first-order chi connectivity index (χ1) is 10.7. The minimum absolute atomic E-state index is 0.224. The molecule has 0 saturated heterocycles. The lowest BCUT2D eigenvalue weighted by Gasteiger charge is -2.15. The third-order valence-corrected chi connectivity index (χ3v) is 3.20. The number of para-hydroxylation sites is 1. The third-order valence-electron chi connectivity index (χ3n) is 3.20. The molecule has 0 radical (unpaired) electrons. The molecule has 0 saturated carbocycles. The van der Waals surface area contributed by atoms with Gasteiger partial charge in [0.15, 0.2) is 11.5 Å². The van der Waals surface area contributed by atoms with Crippen LogP contribution in [-0.4, -0.2) is 27.6 Å². The van der Waals surface area contributed by atoms with Crippen molar-refractivity contribution in [3.8, 4) is 23.0 Å².